The predicted molar refractivity (Wildman–Crippen MR) is 73.9 cm³/mol. The maximum absolute atomic E-state index is 12.5. The van der Waals surface area contributed by atoms with Gasteiger partial charge in [-0.25, -0.2) is 4.79 Å². The Labute approximate surface area is 124 Å². The van der Waals surface area contributed by atoms with Crippen LogP contribution in [-0.2, 0) is 9.53 Å². The van der Waals surface area contributed by atoms with Gasteiger partial charge in [0.2, 0.25) is 0 Å². The molecule has 1 fully saturated rings. The van der Waals surface area contributed by atoms with E-state index in [0.29, 0.717) is 0 Å². The monoisotopic (exact) mass is 310 g/mol. The van der Waals surface area contributed by atoms with Crippen LogP contribution in [0.5, 0.6) is 0 Å². The van der Waals surface area contributed by atoms with Crippen LogP contribution in [0.15, 0.2) is 0 Å². The smallest absolute Gasteiger partial charge is 0.401 e. The minimum atomic E-state index is -4.28. The maximum Gasteiger partial charge on any atom is 0.401 e. The van der Waals surface area contributed by atoms with Crippen molar-refractivity contribution in [2.75, 3.05) is 26.7 Å². The van der Waals surface area contributed by atoms with Crippen LogP contribution in [0.25, 0.3) is 0 Å². The first-order chi connectivity index (χ1) is 9.60. The minimum absolute atomic E-state index is 0.00576. The molecule has 1 aliphatic rings. The number of ether oxygens (including phenoxy) is 1. The molecule has 0 saturated heterocycles. The van der Waals surface area contributed by atoms with E-state index in [0.717, 1.165) is 17.7 Å². The molecule has 0 spiro atoms. The zero-order chi connectivity index (χ0) is 16.3. The highest BCUT2D eigenvalue weighted by Gasteiger charge is 2.53. The Balaban J connectivity index is 2.91. The lowest BCUT2D eigenvalue weighted by Crippen LogP contribution is -2.63. The molecule has 124 valence electrons. The van der Waals surface area contributed by atoms with Crippen molar-refractivity contribution < 1.29 is 22.7 Å². The topological polar surface area (TPSA) is 41.6 Å². The van der Waals surface area contributed by atoms with Gasteiger partial charge in [-0.05, 0) is 46.6 Å². The summed E-state index contributed by atoms with van der Waals surface area (Å²) in [5.41, 5.74) is -1.05. The lowest BCUT2D eigenvalue weighted by atomic mass is 9.91. The second kappa shape index (κ2) is 6.96. The number of hydrogen-bond acceptors (Lipinski definition) is 4. The van der Waals surface area contributed by atoms with E-state index in [-0.39, 0.29) is 25.1 Å². The average Bonchev–Trinajstić information content (AvgIpc) is 3.08. The van der Waals surface area contributed by atoms with Gasteiger partial charge in [0.25, 0.3) is 0 Å². The quantitative estimate of drug-likeness (QED) is 0.698. The van der Waals surface area contributed by atoms with E-state index in [4.69, 9.17) is 4.74 Å². The van der Waals surface area contributed by atoms with Crippen molar-refractivity contribution in [1.82, 2.24) is 10.2 Å². The number of carbonyl (C=O) groups excluding carboxylic acids is 1. The third kappa shape index (κ3) is 5.47. The Kier molecular flexibility index (Phi) is 6.04. The van der Waals surface area contributed by atoms with Gasteiger partial charge in [-0.15, -0.1) is 0 Å². The van der Waals surface area contributed by atoms with Crippen LogP contribution in [0.3, 0.4) is 0 Å². The van der Waals surface area contributed by atoms with Gasteiger partial charge in [0.15, 0.2) is 0 Å². The number of hydrogen-bond donors (Lipinski definition) is 1. The SMILES string of the molecule is CCOC(=O)C(CN(C)CC(F)(F)F)(NC(C)C)C1CC1. The molecule has 0 aliphatic heterocycles. The third-order valence-corrected chi connectivity index (χ3v) is 3.43. The number of carbonyl (C=O) groups is 1. The average molecular weight is 310 g/mol. The first kappa shape index (κ1) is 18.2. The van der Waals surface area contributed by atoms with Gasteiger partial charge in [-0.2, -0.15) is 13.2 Å². The van der Waals surface area contributed by atoms with Gasteiger partial charge >= 0.3 is 12.1 Å². The van der Waals surface area contributed by atoms with E-state index >= 15 is 0 Å². The number of likely N-dealkylation sites (N-methyl/N-ethyl adjacent to an activating group) is 1. The lowest BCUT2D eigenvalue weighted by molar-refractivity contribution is -0.160. The van der Waals surface area contributed by atoms with Crippen molar-refractivity contribution in [3.8, 4) is 0 Å². The summed E-state index contributed by atoms with van der Waals surface area (Å²) in [6.45, 7) is 4.62. The Hall–Kier alpha value is -0.820. The molecular formula is C14H25F3N2O2. The van der Waals surface area contributed by atoms with E-state index in [1.807, 2.05) is 13.8 Å². The molecule has 0 aromatic rings. The zero-order valence-corrected chi connectivity index (χ0v) is 13.1. The Bertz CT molecular complexity index is 357. The van der Waals surface area contributed by atoms with Gasteiger partial charge in [0.1, 0.15) is 5.54 Å². The fourth-order valence-electron chi connectivity index (χ4n) is 2.72. The highest BCUT2D eigenvalue weighted by molar-refractivity contribution is 5.82. The largest absolute Gasteiger partial charge is 0.465 e. The molecule has 1 unspecified atom stereocenters. The van der Waals surface area contributed by atoms with Crippen molar-refractivity contribution in [1.29, 1.82) is 0 Å². The summed E-state index contributed by atoms with van der Waals surface area (Å²) in [5.74, 6) is -0.412. The number of nitrogens with one attached hydrogen (secondary N) is 1. The van der Waals surface area contributed by atoms with E-state index in [1.165, 1.54) is 7.05 Å². The normalized spacial score (nSPS) is 18.9. The number of nitrogens with zero attached hydrogens (tertiary/aromatic N) is 1. The number of rotatable bonds is 8. The minimum Gasteiger partial charge on any atom is -0.465 e. The number of esters is 1. The fourth-order valence-corrected chi connectivity index (χ4v) is 2.72. The Morgan fingerprint density at radius 3 is 2.29 bits per heavy atom. The van der Waals surface area contributed by atoms with Crippen molar-refractivity contribution in [3.63, 3.8) is 0 Å². The maximum atomic E-state index is 12.5. The molecule has 0 bridgehead atoms. The molecule has 0 aromatic carbocycles. The zero-order valence-electron chi connectivity index (χ0n) is 13.1. The van der Waals surface area contributed by atoms with E-state index < -0.39 is 24.2 Å². The lowest BCUT2D eigenvalue weighted by Gasteiger charge is -2.38. The summed E-state index contributed by atoms with van der Waals surface area (Å²) in [4.78, 5) is 13.5. The van der Waals surface area contributed by atoms with Gasteiger partial charge in [0, 0.05) is 12.6 Å². The summed E-state index contributed by atoms with van der Waals surface area (Å²) in [6.07, 6.45) is -2.62. The second-order valence-corrected chi connectivity index (χ2v) is 6.05. The van der Waals surface area contributed by atoms with Crippen LogP contribution in [0.1, 0.15) is 33.6 Å². The molecule has 1 saturated carbocycles. The second-order valence-electron chi connectivity index (χ2n) is 6.05. The summed E-state index contributed by atoms with van der Waals surface area (Å²) >= 11 is 0. The molecular weight excluding hydrogens is 285 g/mol. The summed E-state index contributed by atoms with van der Waals surface area (Å²) in [7, 11) is 1.38. The van der Waals surface area contributed by atoms with Crippen molar-refractivity contribution in [3.05, 3.63) is 0 Å². The van der Waals surface area contributed by atoms with Crippen LogP contribution in [0, 0.1) is 5.92 Å². The molecule has 0 heterocycles. The molecule has 0 amide bonds. The predicted octanol–water partition coefficient (Wildman–Crippen LogP) is 2.19. The standard InChI is InChI=1S/C14H25F3N2O2/c1-5-21-12(20)13(11-6-7-11,18-10(2)3)8-19(4)9-14(15,16)17/h10-11,18H,5-9H2,1-4H3. The summed E-state index contributed by atoms with van der Waals surface area (Å²) in [5, 5.41) is 3.17. The highest BCUT2D eigenvalue weighted by Crippen LogP contribution is 2.41. The first-order valence-corrected chi connectivity index (χ1v) is 7.31. The number of alkyl halides is 3. The first-order valence-electron chi connectivity index (χ1n) is 7.31. The van der Waals surface area contributed by atoms with Crippen molar-refractivity contribution in [2.24, 2.45) is 5.92 Å². The molecule has 1 N–H and O–H groups in total. The van der Waals surface area contributed by atoms with Crippen molar-refractivity contribution >= 4 is 5.97 Å². The summed E-state index contributed by atoms with van der Waals surface area (Å²) < 4.78 is 42.7. The van der Waals surface area contributed by atoms with Crippen molar-refractivity contribution in [2.45, 2.75) is 51.4 Å². The van der Waals surface area contributed by atoms with Crippen LogP contribution >= 0.6 is 0 Å². The molecule has 4 nitrogen and oxygen atoms in total. The Morgan fingerprint density at radius 2 is 1.90 bits per heavy atom. The highest BCUT2D eigenvalue weighted by atomic mass is 19.4. The van der Waals surface area contributed by atoms with Crippen LogP contribution in [-0.4, -0.2) is 55.4 Å². The van der Waals surface area contributed by atoms with Gasteiger partial charge in [0.05, 0.1) is 13.2 Å². The molecule has 0 aromatic heterocycles. The molecule has 1 rings (SSSR count). The van der Waals surface area contributed by atoms with E-state index in [2.05, 4.69) is 5.32 Å². The number of halogens is 3. The van der Waals surface area contributed by atoms with E-state index in [1.54, 1.807) is 6.92 Å². The molecule has 1 atom stereocenters. The third-order valence-electron chi connectivity index (χ3n) is 3.43. The van der Waals surface area contributed by atoms with E-state index in [9.17, 15) is 18.0 Å². The van der Waals surface area contributed by atoms with Gasteiger partial charge in [-0.3, -0.25) is 10.2 Å². The molecule has 21 heavy (non-hydrogen) atoms. The Morgan fingerprint density at radius 1 is 1.33 bits per heavy atom. The van der Waals surface area contributed by atoms with Crippen LogP contribution < -0.4 is 5.32 Å². The fraction of sp³-hybridized carbons (Fsp3) is 0.929. The summed E-state index contributed by atoms with van der Waals surface area (Å²) in [6, 6.07) is -0.0192. The van der Waals surface area contributed by atoms with Crippen LogP contribution in [0.4, 0.5) is 13.2 Å². The van der Waals surface area contributed by atoms with Crippen LogP contribution in [0.2, 0.25) is 0 Å². The molecule has 0 radical (unpaired) electrons. The van der Waals surface area contributed by atoms with Gasteiger partial charge < -0.3 is 4.74 Å². The molecule has 1 aliphatic carbocycles. The van der Waals surface area contributed by atoms with Gasteiger partial charge in [-0.1, -0.05) is 0 Å². The molecule has 7 heteroatoms.